The van der Waals surface area contributed by atoms with Crippen LogP contribution in [0.4, 0.5) is 29.9 Å². The summed E-state index contributed by atoms with van der Waals surface area (Å²) < 4.78 is 46.0. The predicted octanol–water partition coefficient (Wildman–Crippen LogP) is 3.88. The first-order valence-corrected chi connectivity index (χ1v) is 13.6. The van der Waals surface area contributed by atoms with E-state index in [1.165, 1.54) is 35.2 Å². The van der Waals surface area contributed by atoms with E-state index >= 15 is 0 Å². The normalized spacial score (nSPS) is 13.2. The summed E-state index contributed by atoms with van der Waals surface area (Å²) in [5, 5.41) is 11.2. The fraction of sp³-hybridized carbons (Fsp3) is 0.280. The van der Waals surface area contributed by atoms with Crippen molar-refractivity contribution in [2.75, 3.05) is 17.2 Å². The highest BCUT2D eigenvalue weighted by Gasteiger charge is 2.22. The molecule has 3 aromatic heterocycles. The monoisotopic (exact) mass is 603 g/mol. The third-order valence-corrected chi connectivity index (χ3v) is 7.77. The number of hydrogen-bond acceptors (Lipinski definition) is 9. The fourth-order valence-corrected chi connectivity index (χ4v) is 5.25. The highest BCUT2D eigenvalue weighted by Crippen LogP contribution is 2.35. The summed E-state index contributed by atoms with van der Waals surface area (Å²) in [6, 6.07) is 4.34. The van der Waals surface area contributed by atoms with Gasteiger partial charge in [-0.3, -0.25) is 9.25 Å². The second-order valence-corrected chi connectivity index (χ2v) is 11.1. The SMILES string of the molecule is Cn1cnc(Cn2c(=O)nc(Nc3cc4sc(NCC5CC5)nc4cc3Cl)n(Cc3cc(F)c(F)cc3F)c2=O)n1. The van der Waals surface area contributed by atoms with Crippen molar-refractivity contribution in [3.8, 4) is 0 Å². The number of rotatable bonds is 9. The fourth-order valence-electron chi connectivity index (χ4n) is 4.15. The third-order valence-electron chi connectivity index (χ3n) is 6.48. The van der Waals surface area contributed by atoms with Gasteiger partial charge in [-0.1, -0.05) is 22.9 Å². The molecule has 0 aliphatic heterocycles. The number of aromatic nitrogens is 7. The Morgan fingerprint density at radius 3 is 2.54 bits per heavy atom. The molecule has 1 fully saturated rings. The number of thiazole rings is 1. The molecule has 212 valence electrons. The number of anilines is 3. The van der Waals surface area contributed by atoms with Crippen LogP contribution in [0.25, 0.3) is 10.2 Å². The summed E-state index contributed by atoms with van der Waals surface area (Å²) in [6.07, 6.45) is 3.78. The van der Waals surface area contributed by atoms with Gasteiger partial charge in [0.15, 0.2) is 22.6 Å². The average molecular weight is 604 g/mol. The Morgan fingerprint density at radius 2 is 1.80 bits per heavy atom. The molecule has 2 N–H and O–H groups in total. The summed E-state index contributed by atoms with van der Waals surface area (Å²) >= 11 is 7.92. The lowest BCUT2D eigenvalue weighted by Gasteiger charge is -2.16. The standard InChI is InChI=1S/C25H21ClF3N9O2S/c1-36-11-31-21(35-36)10-38-24(39)34-22(37(25(38)40)9-13-4-16(28)17(29)6-15(13)27)32-18-7-20-19(5-14(18)26)33-23(41-20)30-8-12-2-3-12/h4-7,11-12H,2-3,8-10H2,1H3,(H,30,33)(H,32,34,39). The first-order chi connectivity index (χ1) is 19.6. The molecule has 0 atom stereocenters. The average Bonchev–Trinajstić information content (AvgIpc) is 3.54. The highest BCUT2D eigenvalue weighted by atomic mass is 35.5. The van der Waals surface area contributed by atoms with Gasteiger partial charge in [-0.2, -0.15) is 10.1 Å². The molecule has 0 unspecified atom stereocenters. The van der Waals surface area contributed by atoms with Gasteiger partial charge < -0.3 is 10.6 Å². The number of aryl methyl sites for hydroxylation is 1. The van der Waals surface area contributed by atoms with Gasteiger partial charge in [0, 0.05) is 25.2 Å². The van der Waals surface area contributed by atoms with Crippen LogP contribution in [0.5, 0.6) is 0 Å². The minimum absolute atomic E-state index is 0.157. The van der Waals surface area contributed by atoms with Crippen molar-refractivity contribution in [1.29, 1.82) is 0 Å². The van der Waals surface area contributed by atoms with Crippen molar-refractivity contribution in [2.45, 2.75) is 25.9 Å². The van der Waals surface area contributed by atoms with E-state index < -0.39 is 35.4 Å². The minimum Gasteiger partial charge on any atom is -0.361 e. The number of fused-ring (bicyclic) bond motifs is 1. The molecule has 5 aromatic rings. The van der Waals surface area contributed by atoms with E-state index in [4.69, 9.17) is 11.6 Å². The molecule has 1 saturated carbocycles. The summed E-state index contributed by atoms with van der Waals surface area (Å²) in [6.45, 7) is -0.0707. The second kappa shape index (κ2) is 10.6. The zero-order valence-corrected chi connectivity index (χ0v) is 22.9. The molecule has 1 aliphatic rings. The van der Waals surface area contributed by atoms with Gasteiger partial charge in [-0.05, 0) is 37.0 Å². The van der Waals surface area contributed by atoms with Crippen molar-refractivity contribution in [1.82, 2.24) is 33.9 Å². The zero-order chi connectivity index (χ0) is 28.8. The van der Waals surface area contributed by atoms with Crippen LogP contribution in [0.1, 0.15) is 24.2 Å². The molecule has 0 radical (unpaired) electrons. The molecule has 0 amide bonds. The molecule has 0 saturated heterocycles. The van der Waals surface area contributed by atoms with Crippen molar-refractivity contribution < 1.29 is 13.2 Å². The summed E-state index contributed by atoms with van der Waals surface area (Å²) in [5.41, 5.74) is -1.24. The van der Waals surface area contributed by atoms with Crippen LogP contribution in [0.15, 0.2) is 40.2 Å². The van der Waals surface area contributed by atoms with Gasteiger partial charge in [0.2, 0.25) is 5.95 Å². The number of halogens is 4. The van der Waals surface area contributed by atoms with Crippen LogP contribution >= 0.6 is 22.9 Å². The Kier molecular flexibility index (Phi) is 6.99. The van der Waals surface area contributed by atoms with E-state index in [1.54, 1.807) is 19.2 Å². The molecular weight excluding hydrogens is 583 g/mol. The Labute approximate surface area is 238 Å². The van der Waals surface area contributed by atoms with Crippen molar-refractivity contribution in [3.63, 3.8) is 0 Å². The maximum atomic E-state index is 14.6. The molecule has 1 aliphatic carbocycles. The van der Waals surface area contributed by atoms with Crippen LogP contribution in [-0.4, -0.2) is 40.4 Å². The first-order valence-electron chi connectivity index (χ1n) is 12.4. The van der Waals surface area contributed by atoms with Crippen LogP contribution in [0.2, 0.25) is 5.02 Å². The van der Waals surface area contributed by atoms with E-state index in [0.29, 0.717) is 29.3 Å². The van der Waals surface area contributed by atoms with Crippen LogP contribution in [0, 0.1) is 23.4 Å². The molecule has 16 heteroatoms. The highest BCUT2D eigenvalue weighted by molar-refractivity contribution is 7.22. The molecule has 3 heterocycles. The van der Waals surface area contributed by atoms with Gasteiger partial charge in [0.25, 0.3) is 0 Å². The quantitative estimate of drug-likeness (QED) is 0.243. The zero-order valence-electron chi connectivity index (χ0n) is 21.4. The summed E-state index contributed by atoms with van der Waals surface area (Å²) in [5.74, 6) is -3.23. The van der Waals surface area contributed by atoms with E-state index in [9.17, 15) is 22.8 Å². The molecule has 41 heavy (non-hydrogen) atoms. The Bertz CT molecular complexity index is 1920. The number of nitrogens with zero attached hydrogens (tertiary/aromatic N) is 7. The predicted molar refractivity (Wildman–Crippen MR) is 147 cm³/mol. The Balaban J connectivity index is 1.40. The van der Waals surface area contributed by atoms with Gasteiger partial charge >= 0.3 is 11.4 Å². The second-order valence-electron chi connectivity index (χ2n) is 9.63. The van der Waals surface area contributed by atoms with Crippen LogP contribution in [0.3, 0.4) is 0 Å². The van der Waals surface area contributed by atoms with Crippen molar-refractivity contribution >= 4 is 49.9 Å². The summed E-state index contributed by atoms with van der Waals surface area (Å²) in [7, 11) is 1.62. The maximum Gasteiger partial charge on any atom is 0.355 e. The van der Waals surface area contributed by atoms with Crippen LogP contribution < -0.4 is 22.0 Å². The molecule has 6 rings (SSSR count). The summed E-state index contributed by atoms with van der Waals surface area (Å²) in [4.78, 5) is 39.1. The minimum atomic E-state index is -1.38. The van der Waals surface area contributed by atoms with E-state index in [2.05, 4.69) is 30.7 Å². The lowest BCUT2D eigenvalue weighted by Crippen LogP contribution is -2.43. The van der Waals surface area contributed by atoms with E-state index in [0.717, 1.165) is 25.5 Å². The largest absolute Gasteiger partial charge is 0.361 e. The number of hydrogen-bond donors (Lipinski definition) is 2. The van der Waals surface area contributed by atoms with E-state index in [1.807, 2.05) is 0 Å². The molecular formula is C25H21ClF3N9O2S. The Hall–Kier alpha value is -4.24. The van der Waals surface area contributed by atoms with Gasteiger partial charge in [-0.15, -0.1) is 0 Å². The maximum absolute atomic E-state index is 14.6. The van der Waals surface area contributed by atoms with Gasteiger partial charge in [-0.25, -0.2) is 37.3 Å². The number of benzene rings is 2. The van der Waals surface area contributed by atoms with Gasteiger partial charge in [0.1, 0.15) is 12.1 Å². The topological polar surface area (TPSA) is 125 Å². The molecule has 0 spiro atoms. The first kappa shape index (κ1) is 27.0. The number of nitrogens with one attached hydrogen (secondary N) is 2. The van der Waals surface area contributed by atoms with Crippen LogP contribution in [-0.2, 0) is 20.1 Å². The Morgan fingerprint density at radius 1 is 1.02 bits per heavy atom. The third kappa shape index (κ3) is 5.67. The molecule has 2 aromatic carbocycles. The van der Waals surface area contributed by atoms with E-state index in [-0.39, 0.29) is 28.9 Å². The van der Waals surface area contributed by atoms with Crippen molar-refractivity contribution in [2.24, 2.45) is 13.0 Å². The molecule has 11 nitrogen and oxygen atoms in total. The lowest BCUT2D eigenvalue weighted by atomic mass is 10.2. The smallest absolute Gasteiger partial charge is 0.355 e. The lowest BCUT2D eigenvalue weighted by molar-refractivity contribution is 0.485. The van der Waals surface area contributed by atoms with Crippen molar-refractivity contribution in [3.05, 3.63) is 85.4 Å². The van der Waals surface area contributed by atoms with Gasteiger partial charge in [0.05, 0.1) is 34.0 Å². The molecule has 0 bridgehead atoms.